The van der Waals surface area contributed by atoms with Crippen LogP contribution < -0.4 is 0 Å². The third kappa shape index (κ3) is 2.89. The van der Waals surface area contributed by atoms with Crippen LogP contribution in [0.15, 0.2) is 12.4 Å². The van der Waals surface area contributed by atoms with Gasteiger partial charge >= 0.3 is 5.97 Å². The van der Waals surface area contributed by atoms with Gasteiger partial charge in [0.2, 0.25) is 0 Å². The van der Waals surface area contributed by atoms with Gasteiger partial charge < -0.3 is 5.11 Å². The highest BCUT2D eigenvalue weighted by Gasteiger charge is 2.25. The van der Waals surface area contributed by atoms with Crippen molar-refractivity contribution in [3.63, 3.8) is 0 Å². The summed E-state index contributed by atoms with van der Waals surface area (Å²) in [5, 5.41) is 22.9. The summed E-state index contributed by atoms with van der Waals surface area (Å²) in [6.07, 6.45) is 6.75. The van der Waals surface area contributed by atoms with Gasteiger partial charge in [0.15, 0.2) is 0 Å². The number of carbonyl (C=O) groups is 1. The number of nitrogens with one attached hydrogen (secondary N) is 2. The summed E-state index contributed by atoms with van der Waals surface area (Å²) in [5.74, 6) is -0.519. The molecule has 7 heteroatoms. The lowest BCUT2D eigenvalue weighted by Crippen LogP contribution is -2.34. The summed E-state index contributed by atoms with van der Waals surface area (Å²) in [6, 6.07) is 0. The molecule has 0 amide bonds. The third-order valence-corrected chi connectivity index (χ3v) is 4.37. The molecule has 0 spiro atoms. The van der Waals surface area contributed by atoms with E-state index in [0.717, 1.165) is 37.9 Å². The van der Waals surface area contributed by atoms with Crippen LogP contribution in [0.4, 0.5) is 0 Å². The van der Waals surface area contributed by atoms with Gasteiger partial charge in [-0.3, -0.25) is 15.1 Å². The Kier molecular flexibility index (Phi) is 4.24. The number of aromatic amines is 2. The van der Waals surface area contributed by atoms with Crippen molar-refractivity contribution in [3.8, 4) is 0 Å². The summed E-state index contributed by atoms with van der Waals surface area (Å²) in [7, 11) is 0. The monoisotopic (exact) mass is 303 g/mol. The Morgan fingerprint density at radius 3 is 2.91 bits per heavy atom. The molecule has 0 aliphatic carbocycles. The fourth-order valence-corrected chi connectivity index (χ4v) is 3.25. The zero-order valence-electron chi connectivity index (χ0n) is 12.7. The Hall–Kier alpha value is -2.15. The smallest absolute Gasteiger partial charge is 0.354 e. The summed E-state index contributed by atoms with van der Waals surface area (Å²) in [6.45, 7) is 4.65. The summed E-state index contributed by atoms with van der Waals surface area (Å²) in [5.41, 5.74) is 3.45. The Morgan fingerprint density at radius 2 is 2.14 bits per heavy atom. The van der Waals surface area contributed by atoms with Gasteiger partial charge in [-0.1, -0.05) is 6.92 Å². The first-order chi connectivity index (χ1) is 10.7. The molecule has 7 nitrogen and oxygen atoms in total. The van der Waals surface area contributed by atoms with E-state index in [4.69, 9.17) is 5.11 Å². The van der Waals surface area contributed by atoms with E-state index in [1.54, 1.807) is 6.20 Å². The lowest BCUT2D eigenvalue weighted by Gasteiger charge is -2.32. The van der Waals surface area contributed by atoms with E-state index >= 15 is 0 Å². The molecular formula is C15H21N5O2. The number of aryl methyl sites for hydroxylation is 1. The molecule has 3 heterocycles. The summed E-state index contributed by atoms with van der Waals surface area (Å²) in [4.78, 5) is 13.5. The van der Waals surface area contributed by atoms with Crippen molar-refractivity contribution in [1.82, 2.24) is 25.3 Å². The topological polar surface area (TPSA) is 97.9 Å². The number of rotatable bonds is 5. The van der Waals surface area contributed by atoms with Gasteiger partial charge in [0.05, 0.1) is 12.4 Å². The van der Waals surface area contributed by atoms with Gasteiger partial charge in [-0.05, 0) is 31.4 Å². The van der Waals surface area contributed by atoms with E-state index < -0.39 is 5.97 Å². The predicted octanol–water partition coefficient (Wildman–Crippen LogP) is 1.77. The molecule has 0 aromatic carbocycles. The number of piperidine rings is 1. The number of aromatic nitrogens is 4. The quantitative estimate of drug-likeness (QED) is 0.782. The minimum Gasteiger partial charge on any atom is -0.477 e. The van der Waals surface area contributed by atoms with Gasteiger partial charge in [-0.25, -0.2) is 4.79 Å². The Labute approximate surface area is 128 Å². The zero-order chi connectivity index (χ0) is 15.5. The first kappa shape index (κ1) is 14.8. The summed E-state index contributed by atoms with van der Waals surface area (Å²) < 4.78 is 0. The van der Waals surface area contributed by atoms with E-state index in [-0.39, 0.29) is 5.69 Å². The largest absolute Gasteiger partial charge is 0.477 e. The fourth-order valence-electron chi connectivity index (χ4n) is 3.25. The standard InChI is InChI=1S/C15H21N5O2/c1-2-10-6-16-18-13(10)11-4-3-5-20(8-11)9-12-7-17-19-14(12)15(21)22/h6-7,11H,2-5,8-9H2,1H3,(H,16,18)(H,17,19)(H,21,22). The van der Waals surface area contributed by atoms with E-state index in [1.165, 1.54) is 11.3 Å². The first-order valence-electron chi connectivity index (χ1n) is 7.69. The number of carboxylic acids is 1. The van der Waals surface area contributed by atoms with E-state index in [1.807, 2.05) is 6.20 Å². The average Bonchev–Trinajstić information content (AvgIpc) is 3.15. The second-order valence-corrected chi connectivity index (χ2v) is 5.81. The number of hydrogen-bond donors (Lipinski definition) is 3. The highest BCUT2D eigenvalue weighted by Crippen LogP contribution is 2.29. The second-order valence-electron chi connectivity index (χ2n) is 5.81. The van der Waals surface area contributed by atoms with Gasteiger partial charge in [-0.15, -0.1) is 0 Å². The highest BCUT2D eigenvalue weighted by atomic mass is 16.4. The molecule has 1 fully saturated rings. The van der Waals surface area contributed by atoms with Gasteiger partial charge in [0.25, 0.3) is 0 Å². The van der Waals surface area contributed by atoms with Crippen molar-refractivity contribution >= 4 is 5.97 Å². The van der Waals surface area contributed by atoms with Crippen molar-refractivity contribution < 1.29 is 9.90 Å². The molecule has 1 saturated heterocycles. The van der Waals surface area contributed by atoms with Crippen molar-refractivity contribution in [2.24, 2.45) is 0 Å². The molecule has 118 valence electrons. The minimum atomic E-state index is -0.956. The molecule has 3 rings (SSSR count). The van der Waals surface area contributed by atoms with Crippen LogP contribution in [0.3, 0.4) is 0 Å². The third-order valence-electron chi connectivity index (χ3n) is 4.37. The maximum Gasteiger partial charge on any atom is 0.354 e. The molecule has 1 aliphatic heterocycles. The van der Waals surface area contributed by atoms with Gasteiger partial charge in [-0.2, -0.15) is 10.2 Å². The Balaban J connectivity index is 1.71. The van der Waals surface area contributed by atoms with E-state index in [2.05, 4.69) is 32.2 Å². The van der Waals surface area contributed by atoms with Crippen molar-refractivity contribution in [2.75, 3.05) is 13.1 Å². The predicted molar refractivity (Wildman–Crippen MR) is 80.8 cm³/mol. The Bertz CT molecular complexity index is 648. The lowest BCUT2D eigenvalue weighted by atomic mass is 9.92. The molecule has 1 aliphatic rings. The van der Waals surface area contributed by atoms with Crippen LogP contribution in [0.2, 0.25) is 0 Å². The number of H-pyrrole nitrogens is 2. The molecule has 22 heavy (non-hydrogen) atoms. The molecule has 0 bridgehead atoms. The molecule has 0 radical (unpaired) electrons. The van der Waals surface area contributed by atoms with Crippen LogP contribution >= 0.6 is 0 Å². The van der Waals surface area contributed by atoms with Crippen molar-refractivity contribution in [3.05, 3.63) is 34.9 Å². The van der Waals surface area contributed by atoms with Crippen LogP contribution in [0.5, 0.6) is 0 Å². The SMILES string of the molecule is CCc1cn[nH]c1C1CCCN(Cc2cn[nH]c2C(=O)O)C1. The number of likely N-dealkylation sites (tertiary alicyclic amines) is 1. The zero-order valence-corrected chi connectivity index (χ0v) is 12.7. The maximum atomic E-state index is 11.2. The molecule has 1 atom stereocenters. The maximum absolute atomic E-state index is 11.2. The first-order valence-corrected chi connectivity index (χ1v) is 7.69. The van der Waals surface area contributed by atoms with E-state index in [0.29, 0.717) is 12.5 Å². The second kappa shape index (κ2) is 6.31. The number of aromatic carboxylic acids is 1. The Morgan fingerprint density at radius 1 is 1.36 bits per heavy atom. The van der Waals surface area contributed by atoms with Crippen molar-refractivity contribution in [1.29, 1.82) is 0 Å². The lowest BCUT2D eigenvalue weighted by molar-refractivity contribution is 0.0687. The minimum absolute atomic E-state index is 0.193. The summed E-state index contributed by atoms with van der Waals surface area (Å²) >= 11 is 0. The number of nitrogens with zero attached hydrogens (tertiary/aromatic N) is 3. The van der Waals surface area contributed by atoms with Gasteiger partial charge in [0.1, 0.15) is 5.69 Å². The number of hydrogen-bond acceptors (Lipinski definition) is 4. The normalized spacial score (nSPS) is 19.4. The highest BCUT2D eigenvalue weighted by molar-refractivity contribution is 5.86. The molecule has 2 aromatic rings. The van der Waals surface area contributed by atoms with Crippen LogP contribution in [0.1, 0.15) is 53.0 Å². The van der Waals surface area contributed by atoms with Crippen LogP contribution in [0.25, 0.3) is 0 Å². The molecule has 2 aromatic heterocycles. The fraction of sp³-hybridized carbons (Fsp3) is 0.533. The molecule has 0 saturated carbocycles. The van der Waals surface area contributed by atoms with Gasteiger partial charge in [0, 0.05) is 30.3 Å². The van der Waals surface area contributed by atoms with E-state index in [9.17, 15) is 4.79 Å². The number of carboxylic acid groups (broad SMARTS) is 1. The van der Waals surface area contributed by atoms with Crippen molar-refractivity contribution in [2.45, 2.75) is 38.6 Å². The average molecular weight is 303 g/mol. The molecule has 3 N–H and O–H groups in total. The molecular weight excluding hydrogens is 282 g/mol. The van der Waals surface area contributed by atoms with Crippen LogP contribution in [0, 0.1) is 0 Å². The molecule has 1 unspecified atom stereocenters. The van der Waals surface area contributed by atoms with Crippen LogP contribution in [-0.4, -0.2) is 49.5 Å². The van der Waals surface area contributed by atoms with Crippen LogP contribution in [-0.2, 0) is 13.0 Å².